The second-order valence-electron chi connectivity index (χ2n) is 3.65. The zero-order valence-electron chi connectivity index (χ0n) is 8.91. The highest BCUT2D eigenvalue weighted by atomic mass is 32.1. The third-order valence-electron chi connectivity index (χ3n) is 2.10. The van der Waals surface area contributed by atoms with E-state index in [1.807, 2.05) is 24.7 Å². The van der Waals surface area contributed by atoms with Gasteiger partial charge in [-0.05, 0) is 13.8 Å². The summed E-state index contributed by atoms with van der Waals surface area (Å²) < 4.78 is 1.82. The first kappa shape index (κ1) is 10.8. The third kappa shape index (κ3) is 1.96. The molecular weight excluding hydrogens is 226 g/mol. The molecule has 2 heterocycles. The Bertz CT molecular complexity index is 516. The second-order valence-corrected chi connectivity index (χ2v) is 4.50. The number of nitrogens with zero attached hydrogens (tertiary/aromatic N) is 3. The lowest BCUT2D eigenvalue weighted by molar-refractivity contribution is 0.0691. The molecule has 2 rings (SSSR count). The van der Waals surface area contributed by atoms with Crippen LogP contribution in [-0.2, 0) is 0 Å². The van der Waals surface area contributed by atoms with Crippen LogP contribution in [0.15, 0.2) is 17.8 Å². The van der Waals surface area contributed by atoms with Crippen LogP contribution >= 0.6 is 11.3 Å². The molecule has 84 valence electrons. The van der Waals surface area contributed by atoms with E-state index < -0.39 is 5.97 Å². The number of carboxylic acids is 1. The van der Waals surface area contributed by atoms with Gasteiger partial charge in [-0.25, -0.2) is 9.78 Å². The summed E-state index contributed by atoms with van der Waals surface area (Å²) in [5, 5.41) is 15.2. The van der Waals surface area contributed by atoms with E-state index in [2.05, 4.69) is 10.1 Å². The van der Waals surface area contributed by atoms with Crippen molar-refractivity contribution < 1.29 is 9.90 Å². The van der Waals surface area contributed by atoms with Crippen LogP contribution < -0.4 is 0 Å². The maximum absolute atomic E-state index is 10.7. The van der Waals surface area contributed by atoms with Crippen molar-refractivity contribution in [1.29, 1.82) is 0 Å². The summed E-state index contributed by atoms with van der Waals surface area (Å²) in [5.41, 5.74) is 0.934. The molecular formula is C10H11N3O2S. The van der Waals surface area contributed by atoms with Crippen molar-refractivity contribution in [1.82, 2.24) is 14.8 Å². The van der Waals surface area contributed by atoms with Crippen molar-refractivity contribution in [2.24, 2.45) is 0 Å². The minimum atomic E-state index is -1.00. The van der Waals surface area contributed by atoms with Crippen LogP contribution in [0.5, 0.6) is 0 Å². The van der Waals surface area contributed by atoms with Gasteiger partial charge in [-0.2, -0.15) is 5.10 Å². The summed E-state index contributed by atoms with van der Waals surface area (Å²) in [4.78, 5) is 14.7. The number of aromatic carboxylic acids is 1. The quantitative estimate of drug-likeness (QED) is 0.889. The number of hydrogen-bond donors (Lipinski definition) is 1. The minimum Gasteiger partial charge on any atom is -0.476 e. The van der Waals surface area contributed by atoms with Gasteiger partial charge in [0.15, 0.2) is 5.69 Å². The standard InChI is InChI=1S/C10H11N3O2S/c1-6(2)13-4-7(3-11-13)9-12-8(5-16-9)10(14)15/h3-6H,1-2H3,(H,14,15). The van der Waals surface area contributed by atoms with Gasteiger partial charge in [0, 0.05) is 23.2 Å². The van der Waals surface area contributed by atoms with E-state index in [9.17, 15) is 4.79 Å². The van der Waals surface area contributed by atoms with Crippen molar-refractivity contribution >= 4 is 17.3 Å². The molecule has 0 spiro atoms. The zero-order valence-corrected chi connectivity index (χ0v) is 9.73. The molecule has 0 bridgehead atoms. The van der Waals surface area contributed by atoms with Crippen LogP contribution in [0, 0.1) is 0 Å². The summed E-state index contributed by atoms with van der Waals surface area (Å²) in [6.45, 7) is 4.06. The molecule has 0 unspecified atom stereocenters. The number of thiazole rings is 1. The topological polar surface area (TPSA) is 68.0 Å². The lowest BCUT2D eigenvalue weighted by Gasteiger charge is -2.02. The fraction of sp³-hybridized carbons (Fsp3) is 0.300. The minimum absolute atomic E-state index is 0.0808. The maximum atomic E-state index is 10.7. The molecule has 0 fully saturated rings. The molecule has 1 N–H and O–H groups in total. The van der Waals surface area contributed by atoms with E-state index in [-0.39, 0.29) is 11.7 Å². The molecule has 2 aromatic rings. The van der Waals surface area contributed by atoms with Gasteiger partial charge in [-0.1, -0.05) is 0 Å². The molecule has 0 radical (unpaired) electrons. The predicted octanol–water partition coefficient (Wildman–Crippen LogP) is 2.29. The highest BCUT2D eigenvalue weighted by Gasteiger charge is 2.11. The van der Waals surface area contributed by atoms with E-state index >= 15 is 0 Å². The van der Waals surface area contributed by atoms with Gasteiger partial charge in [0.2, 0.25) is 0 Å². The molecule has 5 nitrogen and oxygen atoms in total. The molecule has 0 saturated heterocycles. The Morgan fingerprint density at radius 3 is 2.81 bits per heavy atom. The van der Waals surface area contributed by atoms with Gasteiger partial charge in [0.1, 0.15) is 5.01 Å². The molecule has 16 heavy (non-hydrogen) atoms. The van der Waals surface area contributed by atoms with Crippen molar-refractivity contribution in [3.05, 3.63) is 23.5 Å². The summed E-state index contributed by atoms with van der Waals surface area (Å²) in [7, 11) is 0. The summed E-state index contributed by atoms with van der Waals surface area (Å²) in [6, 6.07) is 0.285. The Morgan fingerprint density at radius 2 is 2.31 bits per heavy atom. The van der Waals surface area contributed by atoms with E-state index in [0.717, 1.165) is 5.56 Å². The molecule has 0 saturated carbocycles. The Morgan fingerprint density at radius 1 is 1.56 bits per heavy atom. The lowest BCUT2D eigenvalue weighted by Crippen LogP contribution is -1.99. The number of hydrogen-bond acceptors (Lipinski definition) is 4. The van der Waals surface area contributed by atoms with E-state index in [0.29, 0.717) is 5.01 Å². The van der Waals surface area contributed by atoms with Crippen molar-refractivity contribution in [3.63, 3.8) is 0 Å². The van der Waals surface area contributed by atoms with Crippen LogP contribution in [0.3, 0.4) is 0 Å². The van der Waals surface area contributed by atoms with Gasteiger partial charge < -0.3 is 5.11 Å². The first-order valence-corrected chi connectivity index (χ1v) is 5.69. The number of aromatic nitrogens is 3. The van der Waals surface area contributed by atoms with Crippen LogP contribution in [0.4, 0.5) is 0 Å². The summed E-state index contributed by atoms with van der Waals surface area (Å²) in [5.74, 6) is -1.00. The van der Waals surface area contributed by atoms with Gasteiger partial charge in [0.25, 0.3) is 0 Å². The molecule has 0 aliphatic rings. The van der Waals surface area contributed by atoms with Gasteiger partial charge in [0.05, 0.1) is 6.20 Å². The molecule has 0 amide bonds. The monoisotopic (exact) mass is 237 g/mol. The van der Waals surface area contributed by atoms with E-state index in [1.54, 1.807) is 6.20 Å². The van der Waals surface area contributed by atoms with Crippen LogP contribution in [0.2, 0.25) is 0 Å². The first-order valence-electron chi connectivity index (χ1n) is 4.81. The maximum Gasteiger partial charge on any atom is 0.355 e. The highest BCUT2D eigenvalue weighted by molar-refractivity contribution is 7.13. The SMILES string of the molecule is CC(C)n1cc(-c2nc(C(=O)O)cs2)cn1. The Balaban J connectivity index is 2.31. The zero-order chi connectivity index (χ0) is 11.7. The average molecular weight is 237 g/mol. The number of rotatable bonds is 3. The Hall–Kier alpha value is -1.69. The predicted molar refractivity (Wildman–Crippen MR) is 60.7 cm³/mol. The molecule has 0 atom stereocenters. The van der Waals surface area contributed by atoms with Crippen molar-refractivity contribution in [2.75, 3.05) is 0 Å². The third-order valence-corrected chi connectivity index (χ3v) is 2.99. The molecule has 0 aliphatic carbocycles. The number of carbonyl (C=O) groups is 1. The molecule has 2 aromatic heterocycles. The molecule has 0 aromatic carbocycles. The first-order chi connectivity index (χ1) is 7.58. The van der Waals surface area contributed by atoms with E-state index in [4.69, 9.17) is 5.11 Å². The van der Waals surface area contributed by atoms with Crippen LogP contribution in [-0.4, -0.2) is 25.8 Å². The summed E-state index contributed by atoms with van der Waals surface area (Å²) in [6.07, 6.45) is 3.57. The van der Waals surface area contributed by atoms with Gasteiger partial charge >= 0.3 is 5.97 Å². The largest absolute Gasteiger partial charge is 0.476 e. The summed E-state index contributed by atoms with van der Waals surface area (Å²) >= 11 is 1.31. The Labute approximate surface area is 96.4 Å². The molecule has 6 heteroatoms. The van der Waals surface area contributed by atoms with Crippen molar-refractivity contribution in [2.45, 2.75) is 19.9 Å². The van der Waals surface area contributed by atoms with Gasteiger partial charge in [-0.15, -0.1) is 11.3 Å². The normalized spacial score (nSPS) is 10.9. The lowest BCUT2D eigenvalue weighted by atomic mass is 10.3. The average Bonchev–Trinajstić information content (AvgIpc) is 2.86. The number of carboxylic acid groups (broad SMARTS) is 1. The highest BCUT2D eigenvalue weighted by Crippen LogP contribution is 2.23. The smallest absolute Gasteiger partial charge is 0.355 e. The second kappa shape index (κ2) is 4.05. The van der Waals surface area contributed by atoms with Crippen LogP contribution in [0.1, 0.15) is 30.4 Å². The van der Waals surface area contributed by atoms with Gasteiger partial charge in [-0.3, -0.25) is 4.68 Å². The van der Waals surface area contributed by atoms with E-state index in [1.165, 1.54) is 16.7 Å². The van der Waals surface area contributed by atoms with Crippen LogP contribution in [0.25, 0.3) is 10.6 Å². The molecule has 0 aliphatic heterocycles. The Kier molecular flexibility index (Phi) is 2.74. The fourth-order valence-electron chi connectivity index (χ4n) is 1.24. The van der Waals surface area contributed by atoms with Crippen molar-refractivity contribution in [3.8, 4) is 10.6 Å². The fourth-order valence-corrected chi connectivity index (χ4v) is 2.00.